The van der Waals surface area contributed by atoms with Gasteiger partial charge in [0.2, 0.25) is 5.89 Å². The molecule has 0 aliphatic heterocycles. The standard InChI is InChI=1S/C15H12ClN3O3S/c16-13-9-5-4-6-11(13)10-14-17-18-15(22-14)19-23(20,21)12-7-2-1-3-8-12/h1-9H,10H2,(H,18,19). The number of anilines is 1. The number of halogens is 1. The largest absolute Gasteiger partial charge is 0.407 e. The van der Waals surface area contributed by atoms with Crippen molar-refractivity contribution in [2.45, 2.75) is 11.3 Å². The predicted molar refractivity (Wildman–Crippen MR) is 85.8 cm³/mol. The van der Waals surface area contributed by atoms with Crippen LogP contribution in [-0.4, -0.2) is 18.6 Å². The fourth-order valence-electron chi connectivity index (χ4n) is 1.94. The number of rotatable bonds is 5. The summed E-state index contributed by atoms with van der Waals surface area (Å²) >= 11 is 6.07. The Kier molecular flexibility index (Phi) is 4.31. The maximum Gasteiger partial charge on any atom is 0.329 e. The lowest BCUT2D eigenvalue weighted by Gasteiger charge is -2.03. The summed E-state index contributed by atoms with van der Waals surface area (Å²) in [5.41, 5.74) is 0.815. The molecule has 3 aromatic rings. The molecular weight excluding hydrogens is 338 g/mol. The summed E-state index contributed by atoms with van der Waals surface area (Å²) in [7, 11) is -3.75. The average Bonchev–Trinajstić information content (AvgIpc) is 2.97. The zero-order valence-corrected chi connectivity index (χ0v) is 13.4. The highest BCUT2D eigenvalue weighted by atomic mass is 35.5. The van der Waals surface area contributed by atoms with Crippen LogP contribution in [-0.2, 0) is 16.4 Å². The van der Waals surface area contributed by atoms with Gasteiger partial charge in [0.05, 0.1) is 11.3 Å². The van der Waals surface area contributed by atoms with E-state index in [2.05, 4.69) is 14.9 Å². The maximum absolute atomic E-state index is 12.2. The Hall–Kier alpha value is -2.38. The zero-order valence-electron chi connectivity index (χ0n) is 11.8. The van der Waals surface area contributed by atoms with E-state index in [1.165, 1.54) is 12.1 Å². The molecule has 0 spiro atoms. The van der Waals surface area contributed by atoms with Crippen molar-refractivity contribution in [2.75, 3.05) is 4.72 Å². The Morgan fingerprint density at radius 1 is 1.00 bits per heavy atom. The van der Waals surface area contributed by atoms with Crippen LogP contribution < -0.4 is 4.72 Å². The molecule has 0 amide bonds. The van der Waals surface area contributed by atoms with E-state index in [0.717, 1.165) is 5.56 Å². The highest BCUT2D eigenvalue weighted by Gasteiger charge is 2.17. The Morgan fingerprint density at radius 2 is 1.70 bits per heavy atom. The zero-order chi connectivity index (χ0) is 16.3. The highest BCUT2D eigenvalue weighted by molar-refractivity contribution is 7.92. The van der Waals surface area contributed by atoms with Crippen LogP contribution >= 0.6 is 11.6 Å². The summed E-state index contributed by atoms with van der Waals surface area (Å²) in [4.78, 5) is 0.117. The normalized spacial score (nSPS) is 11.3. The minimum atomic E-state index is -3.75. The van der Waals surface area contributed by atoms with Gasteiger partial charge in [0.1, 0.15) is 0 Å². The number of nitrogens with one attached hydrogen (secondary N) is 1. The molecule has 0 aliphatic carbocycles. The van der Waals surface area contributed by atoms with Gasteiger partial charge in [-0.25, -0.2) is 13.1 Å². The van der Waals surface area contributed by atoms with Crippen molar-refractivity contribution in [2.24, 2.45) is 0 Å². The molecular formula is C15H12ClN3O3S. The minimum absolute atomic E-state index is 0.117. The monoisotopic (exact) mass is 349 g/mol. The quantitative estimate of drug-likeness (QED) is 0.765. The molecule has 0 unspecified atom stereocenters. The van der Waals surface area contributed by atoms with Crippen molar-refractivity contribution >= 4 is 27.6 Å². The molecule has 0 atom stereocenters. The number of nitrogens with zero attached hydrogens (tertiary/aromatic N) is 2. The Bertz CT molecular complexity index is 910. The van der Waals surface area contributed by atoms with Crippen LogP contribution in [0.2, 0.25) is 5.02 Å². The van der Waals surface area contributed by atoms with Gasteiger partial charge in [-0.1, -0.05) is 53.1 Å². The molecule has 1 aromatic heterocycles. The summed E-state index contributed by atoms with van der Waals surface area (Å²) < 4.78 is 31.9. The number of aromatic nitrogens is 2. The lowest BCUT2D eigenvalue weighted by Crippen LogP contribution is -2.12. The van der Waals surface area contributed by atoms with Gasteiger partial charge in [-0.15, -0.1) is 5.10 Å². The lowest BCUT2D eigenvalue weighted by atomic mass is 10.1. The molecule has 8 heteroatoms. The summed E-state index contributed by atoms with van der Waals surface area (Å²) in [6.45, 7) is 0. The summed E-state index contributed by atoms with van der Waals surface area (Å²) in [5.74, 6) is 0.267. The first kappa shape index (κ1) is 15.5. The molecule has 0 fully saturated rings. The Morgan fingerprint density at radius 3 is 2.43 bits per heavy atom. The molecule has 0 bridgehead atoms. The smallest absolute Gasteiger partial charge is 0.329 e. The molecule has 0 aliphatic rings. The Balaban J connectivity index is 1.77. The first-order chi connectivity index (χ1) is 11.0. The fourth-order valence-corrected chi connectivity index (χ4v) is 3.09. The SMILES string of the molecule is O=S(=O)(Nc1nnc(Cc2ccccc2Cl)o1)c1ccccc1. The highest BCUT2D eigenvalue weighted by Crippen LogP contribution is 2.20. The van der Waals surface area contributed by atoms with Gasteiger partial charge in [-0.3, -0.25) is 0 Å². The third-order valence-electron chi connectivity index (χ3n) is 3.04. The van der Waals surface area contributed by atoms with E-state index in [-0.39, 0.29) is 16.8 Å². The first-order valence-corrected chi connectivity index (χ1v) is 8.54. The molecule has 0 radical (unpaired) electrons. The van der Waals surface area contributed by atoms with Crippen LogP contribution in [0.15, 0.2) is 63.9 Å². The summed E-state index contributed by atoms with van der Waals surface area (Å²) in [5, 5.41) is 8.11. The van der Waals surface area contributed by atoms with Crippen LogP contribution in [0.3, 0.4) is 0 Å². The topological polar surface area (TPSA) is 85.1 Å². The van der Waals surface area contributed by atoms with Gasteiger partial charge in [-0.2, -0.15) is 0 Å². The van der Waals surface area contributed by atoms with Crippen molar-refractivity contribution in [3.63, 3.8) is 0 Å². The van der Waals surface area contributed by atoms with Crippen LogP contribution in [0.4, 0.5) is 6.01 Å². The average molecular weight is 350 g/mol. The van der Waals surface area contributed by atoms with E-state index in [1.807, 2.05) is 18.2 Å². The molecule has 3 rings (SSSR count). The van der Waals surface area contributed by atoms with E-state index >= 15 is 0 Å². The van der Waals surface area contributed by atoms with Gasteiger partial charge in [0.25, 0.3) is 10.0 Å². The van der Waals surface area contributed by atoms with Crippen LogP contribution in [0, 0.1) is 0 Å². The number of hydrogen-bond acceptors (Lipinski definition) is 5. The van der Waals surface area contributed by atoms with Gasteiger partial charge < -0.3 is 4.42 Å². The van der Waals surface area contributed by atoms with Gasteiger partial charge in [0.15, 0.2) is 0 Å². The third-order valence-corrected chi connectivity index (χ3v) is 4.75. The molecule has 23 heavy (non-hydrogen) atoms. The van der Waals surface area contributed by atoms with Crippen molar-refractivity contribution in [3.8, 4) is 0 Å². The van der Waals surface area contributed by atoms with E-state index in [0.29, 0.717) is 11.4 Å². The molecule has 0 saturated carbocycles. The predicted octanol–water partition coefficient (Wildman–Crippen LogP) is 3.11. The van der Waals surface area contributed by atoms with Crippen LogP contribution in [0.1, 0.15) is 11.5 Å². The molecule has 1 heterocycles. The molecule has 0 saturated heterocycles. The van der Waals surface area contributed by atoms with Gasteiger partial charge in [-0.05, 0) is 23.8 Å². The van der Waals surface area contributed by atoms with Gasteiger partial charge in [0, 0.05) is 5.02 Å². The van der Waals surface area contributed by atoms with Crippen molar-refractivity contribution in [1.82, 2.24) is 10.2 Å². The number of sulfonamides is 1. The van der Waals surface area contributed by atoms with E-state index in [4.69, 9.17) is 16.0 Å². The second-order valence-electron chi connectivity index (χ2n) is 4.69. The van der Waals surface area contributed by atoms with Crippen molar-refractivity contribution in [3.05, 3.63) is 71.1 Å². The molecule has 1 N–H and O–H groups in total. The third kappa shape index (κ3) is 3.69. The molecule has 2 aromatic carbocycles. The summed E-state index contributed by atoms with van der Waals surface area (Å²) in [6, 6.07) is 15.0. The Labute approximate surface area is 138 Å². The number of benzene rings is 2. The van der Waals surface area contributed by atoms with Gasteiger partial charge >= 0.3 is 6.01 Å². The second-order valence-corrected chi connectivity index (χ2v) is 6.78. The molecule has 118 valence electrons. The van der Waals surface area contributed by atoms with E-state index in [1.54, 1.807) is 24.3 Å². The maximum atomic E-state index is 12.2. The summed E-state index contributed by atoms with van der Waals surface area (Å²) in [6.07, 6.45) is 0.319. The number of hydrogen-bond donors (Lipinski definition) is 1. The van der Waals surface area contributed by atoms with Crippen LogP contribution in [0.25, 0.3) is 0 Å². The fraction of sp³-hybridized carbons (Fsp3) is 0.0667. The lowest BCUT2D eigenvalue weighted by molar-refractivity contribution is 0.520. The first-order valence-electron chi connectivity index (χ1n) is 6.68. The van der Waals surface area contributed by atoms with Crippen LogP contribution in [0.5, 0.6) is 0 Å². The van der Waals surface area contributed by atoms with Crippen molar-refractivity contribution in [1.29, 1.82) is 0 Å². The van der Waals surface area contributed by atoms with E-state index < -0.39 is 10.0 Å². The van der Waals surface area contributed by atoms with E-state index in [9.17, 15) is 8.42 Å². The minimum Gasteiger partial charge on any atom is -0.407 e. The second kappa shape index (κ2) is 6.39. The van der Waals surface area contributed by atoms with Crippen molar-refractivity contribution < 1.29 is 12.8 Å². The molecule has 6 nitrogen and oxygen atoms in total.